The van der Waals surface area contributed by atoms with Gasteiger partial charge < -0.3 is 10.6 Å². The first-order chi connectivity index (χ1) is 11.2. The van der Waals surface area contributed by atoms with E-state index in [0.717, 1.165) is 53.5 Å². The highest BCUT2D eigenvalue weighted by Crippen LogP contribution is 2.12. The van der Waals surface area contributed by atoms with Crippen LogP contribution in [0.2, 0.25) is 0 Å². The predicted octanol–water partition coefficient (Wildman–Crippen LogP) is 4.17. The van der Waals surface area contributed by atoms with Gasteiger partial charge in [0.1, 0.15) is 0 Å². The quantitative estimate of drug-likeness (QED) is 0.248. The molecule has 0 unspecified atom stereocenters. The summed E-state index contributed by atoms with van der Waals surface area (Å²) in [6.07, 6.45) is 3.05. The first-order valence-electron chi connectivity index (χ1n) is 7.77. The van der Waals surface area contributed by atoms with Gasteiger partial charge in [-0.25, -0.2) is 4.98 Å². The summed E-state index contributed by atoms with van der Waals surface area (Å²) < 4.78 is 1.14. The molecule has 0 amide bonds. The SMILES string of the molecule is CN=C(NCCCc1cccc(Br)c1)NCCc1csc(C)n1.I. The van der Waals surface area contributed by atoms with Gasteiger partial charge in [0.2, 0.25) is 0 Å². The molecule has 2 rings (SSSR count). The van der Waals surface area contributed by atoms with Gasteiger partial charge in [-0.15, -0.1) is 35.3 Å². The van der Waals surface area contributed by atoms with E-state index in [-0.39, 0.29) is 24.0 Å². The molecule has 0 aliphatic rings. The Kier molecular flexibility index (Phi) is 10.5. The van der Waals surface area contributed by atoms with Crippen molar-refractivity contribution in [2.24, 2.45) is 4.99 Å². The molecule has 0 atom stereocenters. The minimum atomic E-state index is 0. The lowest BCUT2D eigenvalue weighted by Gasteiger charge is -2.11. The number of aromatic nitrogens is 1. The number of benzene rings is 1. The maximum Gasteiger partial charge on any atom is 0.190 e. The molecule has 0 radical (unpaired) electrons. The zero-order valence-corrected chi connectivity index (χ0v) is 18.7. The Balaban J connectivity index is 0.00000288. The molecule has 0 saturated carbocycles. The molecule has 1 aromatic heterocycles. The Labute approximate surface area is 173 Å². The predicted molar refractivity (Wildman–Crippen MR) is 118 cm³/mol. The zero-order chi connectivity index (χ0) is 16.5. The molecule has 1 aromatic carbocycles. The maximum atomic E-state index is 4.46. The summed E-state index contributed by atoms with van der Waals surface area (Å²) in [5.74, 6) is 0.853. The molecule has 0 saturated heterocycles. The minimum absolute atomic E-state index is 0. The second kappa shape index (κ2) is 11.8. The molecule has 24 heavy (non-hydrogen) atoms. The number of guanidine groups is 1. The number of hydrogen-bond donors (Lipinski definition) is 2. The van der Waals surface area contributed by atoms with Crippen molar-refractivity contribution >= 4 is 57.2 Å². The molecule has 0 aliphatic carbocycles. The number of nitrogens with one attached hydrogen (secondary N) is 2. The van der Waals surface area contributed by atoms with Crippen molar-refractivity contribution in [2.75, 3.05) is 20.1 Å². The lowest BCUT2D eigenvalue weighted by molar-refractivity contribution is 0.736. The van der Waals surface area contributed by atoms with Crippen LogP contribution in [-0.4, -0.2) is 31.1 Å². The number of aryl methyl sites for hydroxylation is 2. The van der Waals surface area contributed by atoms with Crippen molar-refractivity contribution in [3.63, 3.8) is 0 Å². The molecule has 0 fully saturated rings. The lowest BCUT2D eigenvalue weighted by atomic mass is 10.1. The Morgan fingerprint density at radius 2 is 2.04 bits per heavy atom. The van der Waals surface area contributed by atoms with E-state index in [0.29, 0.717) is 0 Å². The monoisotopic (exact) mass is 522 g/mol. The Morgan fingerprint density at radius 1 is 1.25 bits per heavy atom. The van der Waals surface area contributed by atoms with Gasteiger partial charge in [-0.2, -0.15) is 0 Å². The molecule has 0 bridgehead atoms. The van der Waals surface area contributed by atoms with Gasteiger partial charge in [-0.05, 0) is 37.5 Å². The van der Waals surface area contributed by atoms with Gasteiger partial charge in [0.25, 0.3) is 0 Å². The average molecular weight is 523 g/mol. The van der Waals surface area contributed by atoms with Crippen molar-refractivity contribution < 1.29 is 0 Å². The fourth-order valence-electron chi connectivity index (χ4n) is 2.24. The van der Waals surface area contributed by atoms with Crippen molar-refractivity contribution in [3.8, 4) is 0 Å². The number of aliphatic imine (C=N–C) groups is 1. The molecule has 2 aromatic rings. The van der Waals surface area contributed by atoms with Gasteiger partial charge in [0.05, 0.1) is 10.7 Å². The third kappa shape index (κ3) is 7.94. The van der Waals surface area contributed by atoms with Crippen LogP contribution in [0, 0.1) is 6.92 Å². The topological polar surface area (TPSA) is 49.3 Å². The fourth-order valence-corrected chi connectivity index (χ4v) is 3.34. The van der Waals surface area contributed by atoms with E-state index in [2.05, 4.69) is 66.2 Å². The Hall–Kier alpha value is -0.670. The molecular weight excluding hydrogens is 499 g/mol. The average Bonchev–Trinajstić information content (AvgIpc) is 2.95. The standard InChI is InChI=1S/C17H23BrN4S.HI/c1-13-22-16(12-23-13)8-10-21-17(19-2)20-9-4-6-14-5-3-7-15(18)11-14;/h3,5,7,11-12H,4,6,8-10H2,1-2H3,(H2,19,20,21);1H. The highest BCUT2D eigenvalue weighted by molar-refractivity contribution is 14.0. The molecule has 132 valence electrons. The van der Waals surface area contributed by atoms with Crippen LogP contribution in [0.1, 0.15) is 22.7 Å². The summed E-state index contributed by atoms with van der Waals surface area (Å²) in [5, 5.41) is 9.92. The zero-order valence-electron chi connectivity index (χ0n) is 14.0. The molecule has 7 heteroatoms. The van der Waals surface area contributed by atoms with E-state index in [1.165, 1.54) is 5.56 Å². The maximum absolute atomic E-state index is 4.46. The van der Waals surface area contributed by atoms with Crippen LogP contribution >= 0.6 is 51.2 Å². The normalized spacial score (nSPS) is 11.0. The van der Waals surface area contributed by atoms with Gasteiger partial charge in [-0.1, -0.05) is 28.1 Å². The second-order valence-electron chi connectivity index (χ2n) is 5.27. The van der Waals surface area contributed by atoms with Crippen LogP contribution in [-0.2, 0) is 12.8 Å². The van der Waals surface area contributed by atoms with Crippen LogP contribution in [0.25, 0.3) is 0 Å². The Bertz CT molecular complexity index is 645. The highest BCUT2D eigenvalue weighted by atomic mass is 127. The molecule has 0 spiro atoms. The van der Waals surface area contributed by atoms with E-state index < -0.39 is 0 Å². The molecule has 4 nitrogen and oxygen atoms in total. The van der Waals surface area contributed by atoms with Gasteiger partial charge >= 0.3 is 0 Å². The summed E-state index contributed by atoms with van der Waals surface area (Å²) in [6, 6.07) is 8.46. The van der Waals surface area contributed by atoms with E-state index in [4.69, 9.17) is 0 Å². The lowest BCUT2D eigenvalue weighted by Crippen LogP contribution is -2.38. The summed E-state index contributed by atoms with van der Waals surface area (Å²) in [4.78, 5) is 8.72. The van der Waals surface area contributed by atoms with Crippen molar-refractivity contribution in [1.29, 1.82) is 0 Å². The molecule has 0 aliphatic heterocycles. The van der Waals surface area contributed by atoms with E-state index in [9.17, 15) is 0 Å². The van der Waals surface area contributed by atoms with E-state index in [1.54, 1.807) is 18.4 Å². The van der Waals surface area contributed by atoms with Crippen LogP contribution in [0.5, 0.6) is 0 Å². The van der Waals surface area contributed by atoms with Gasteiger partial charge in [-0.3, -0.25) is 4.99 Å². The van der Waals surface area contributed by atoms with Crippen molar-refractivity contribution in [3.05, 3.63) is 50.4 Å². The third-order valence-corrected chi connectivity index (χ3v) is 4.70. The summed E-state index contributed by atoms with van der Waals surface area (Å²) >= 11 is 5.20. The van der Waals surface area contributed by atoms with E-state index >= 15 is 0 Å². The smallest absolute Gasteiger partial charge is 0.190 e. The van der Waals surface area contributed by atoms with Crippen LogP contribution in [0.15, 0.2) is 39.1 Å². The fraction of sp³-hybridized carbons (Fsp3) is 0.412. The summed E-state index contributed by atoms with van der Waals surface area (Å²) in [5.41, 5.74) is 2.49. The number of hydrogen-bond acceptors (Lipinski definition) is 3. The number of nitrogens with zero attached hydrogens (tertiary/aromatic N) is 2. The minimum Gasteiger partial charge on any atom is -0.356 e. The first-order valence-corrected chi connectivity index (χ1v) is 9.44. The van der Waals surface area contributed by atoms with Crippen molar-refractivity contribution in [1.82, 2.24) is 15.6 Å². The number of halogens is 2. The van der Waals surface area contributed by atoms with E-state index in [1.807, 2.05) is 6.92 Å². The summed E-state index contributed by atoms with van der Waals surface area (Å²) in [7, 11) is 1.80. The largest absolute Gasteiger partial charge is 0.356 e. The second-order valence-corrected chi connectivity index (χ2v) is 7.25. The first kappa shape index (κ1) is 21.4. The summed E-state index contributed by atoms with van der Waals surface area (Å²) in [6.45, 7) is 3.78. The van der Waals surface area contributed by atoms with Gasteiger partial charge in [0.15, 0.2) is 5.96 Å². The van der Waals surface area contributed by atoms with Crippen molar-refractivity contribution in [2.45, 2.75) is 26.2 Å². The number of thiazole rings is 1. The van der Waals surface area contributed by atoms with Crippen LogP contribution in [0.3, 0.4) is 0 Å². The Morgan fingerprint density at radius 3 is 2.71 bits per heavy atom. The van der Waals surface area contributed by atoms with Crippen LogP contribution in [0.4, 0.5) is 0 Å². The van der Waals surface area contributed by atoms with Gasteiger partial charge in [0, 0.05) is 36.4 Å². The molecular formula is C17H24BrIN4S. The third-order valence-electron chi connectivity index (χ3n) is 3.39. The molecule has 1 heterocycles. The number of rotatable bonds is 7. The highest BCUT2D eigenvalue weighted by Gasteiger charge is 2.01. The molecule has 2 N–H and O–H groups in total. The van der Waals surface area contributed by atoms with Crippen LogP contribution < -0.4 is 10.6 Å².